The summed E-state index contributed by atoms with van der Waals surface area (Å²) in [5.74, 6) is 0.936. The number of guanidine groups is 1. The van der Waals surface area contributed by atoms with Crippen LogP contribution in [0, 0.1) is 0 Å². The van der Waals surface area contributed by atoms with Gasteiger partial charge in [0.2, 0.25) is 0 Å². The van der Waals surface area contributed by atoms with Gasteiger partial charge >= 0.3 is 0 Å². The van der Waals surface area contributed by atoms with Gasteiger partial charge in [0.1, 0.15) is 0 Å². The van der Waals surface area contributed by atoms with Crippen molar-refractivity contribution in [3.63, 3.8) is 0 Å². The molecule has 1 aliphatic heterocycles. The molecule has 0 aromatic heterocycles. The molecule has 0 bridgehead atoms. The van der Waals surface area contributed by atoms with Crippen LogP contribution in [0.2, 0.25) is 0 Å². The van der Waals surface area contributed by atoms with Crippen molar-refractivity contribution >= 4 is 29.9 Å². The maximum Gasteiger partial charge on any atom is 0.191 e. The molecular formula is C17H37IN4O. The van der Waals surface area contributed by atoms with Crippen LogP contribution in [-0.2, 0) is 4.74 Å². The van der Waals surface area contributed by atoms with E-state index in [1.54, 1.807) is 0 Å². The molecular weight excluding hydrogens is 403 g/mol. The van der Waals surface area contributed by atoms with Crippen molar-refractivity contribution < 1.29 is 4.74 Å². The van der Waals surface area contributed by atoms with Crippen molar-refractivity contribution in [2.24, 2.45) is 4.99 Å². The molecule has 6 heteroatoms. The molecule has 1 atom stereocenters. The van der Waals surface area contributed by atoms with Gasteiger partial charge in [-0.1, -0.05) is 6.42 Å². The average Bonchev–Trinajstić information content (AvgIpc) is 2.52. The van der Waals surface area contributed by atoms with E-state index in [-0.39, 0.29) is 24.0 Å². The minimum Gasteiger partial charge on any atom is -0.382 e. The first kappa shape index (κ1) is 22.9. The van der Waals surface area contributed by atoms with Crippen LogP contribution in [0.4, 0.5) is 0 Å². The van der Waals surface area contributed by atoms with E-state index in [9.17, 15) is 0 Å². The highest BCUT2D eigenvalue weighted by Gasteiger charge is 2.16. The number of ether oxygens (including phenoxy) is 1. The molecule has 0 aromatic rings. The Bertz CT molecular complexity index is 302. The highest BCUT2D eigenvalue weighted by Crippen LogP contribution is 2.15. The molecule has 1 aliphatic rings. The third kappa shape index (κ3) is 11.2. The molecule has 0 aliphatic carbocycles. The van der Waals surface area contributed by atoms with Gasteiger partial charge in [-0.3, -0.25) is 4.99 Å². The molecule has 0 radical (unpaired) electrons. The van der Waals surface area contributed by atoms with Crippen LogP contribution in [0.25, 0.3) is 0 Å². The van der Waals surface area contributed by atoms with Crippen LogP contribution in [0.5, 0.6) is 0 Å². The molecule has 1 rings (SSSR count). The van der Waals surface area contributed by atoms with Crippen molar-refractivity contribution in [1.29, 1.82) is 0 Å². The number of piperidine rings is 1. The lowest BCUT2D eigenvalue weighted by atomic mass is 10.0. The molecule has 0 aromatic carbocycles. The topological polar surface area (TPSA) is 48.9 Å². The van der Waals surface area contributed by atoms with Gasteiger partial charge in [0, 0.05) is 45.4 Å². The summed E-state index contributed by atoms with van der Waals surface area (Å²) >= 11 is 0. The van der Waals surface area contributed by atoms with E-state index < -0.39 is 0 Å². The van der Waals surface area contributed by atoms with Crippen LogP contribution in [0.3, 0.4) is 0 Å². The van der Waals surface area contributed by atoms with E-state index >= 15 is 0 Å². The van der Waals surface area contributed by atoms with Gasteiger partial charge in [-0.05, 0) is 53.0 Å². The summed E-state index contributed by atoms with van der Waals surface area (Å²) in [4.78, 5) is 7.21. The zero-order valence-electron chi connectivity index (χ0n) is 15.3. The van der Waals surface area contributed by atoms with E-state index in [0.717, 1.165) is 51.3 Å². The fourth-order valence-corrected chi connectivity index (χ4v) is 2.82. The summed E-state index contributed by atoms with van der Waals surface area (Å²) in [6, 6.07) is 0.759. The van der Waals surface area contributed by atoms with Crippen molar-refractivity contribution in [1.82, 2.24) is 15.5 Å². The minimum atomic E-state index is 0. The van der Waals surface area contributed by atoms with E-state index in [4.69, 9.17) is 4.74 Å². The maximum atomic E-state index is 5.34. The van der Waals surface area contributed by atoms with Crippen LogP contribution < -0.4 is 10.6 Å². The summed E-state index contributed by atoms with van der Waals surface area (Å²) in [6.45, 7) is 13.2. The third-order valence-corrected chi connectivity index (χ3v) is 4.12. The number of likely N-dealkylation sites (tertiary alicyclic amines) is 1. The number of nitrogens with zero attached hydrogens (tertiary/aromatic N) is 2. The van der Waals surface area contributed by atoms with Crippen molar-refractivity contribution in [2.45, 2.75) is 58.9 Å². The molecule has 5 nitrogen and oxygen atoms in total. The lowest BCUT2D eigenvalue weighted by Gasteiger charge is -2.33. The zero-order valence-corrected chi connectivity index (χ0v) is 17.6. The number of halogens is 1. The Hall–Kier alpha value is -0.0800. The van der Waals surface area contributed by atoms with Gasteiger partial charge < -0.3 is 20.3 Å². The van der Waals surface area contributed by atoms with Crippen LogP contribution in [0.15, 0.2) is 4.99 Å². The normalized spacial score (nSPS) is 19.3. The SMILES string of the molecule is CCNC(=NCCCOCC)NCCCN1CCCCC1C.I. The first-order chi connectivity index (χ1) is 10.8. The molecule has 138 valence electrons. The predicted molar refractivity (Wildman–Crippen MR) is 110 cm³/mol. The molecule has 23 heavy (non-hydrogen) atoms. The fourth-order valence-electron chi connectivity index (χ4n) is 2.82. The van der Waals surface area contributed by atoms with Gasteiger partial charge in [0.05, 0.1) is 0 Å². The number of aliphatic imine (C=N–C) groups is 1. The second-order valence-electron chi connectivity index (χ2n) is 5.97. The molecule has 1 unspecified atom stereocenters. The average molecular weight is 440 g/mol. The Labute approximate surface area is 160 Å². The summed E-state index contributed by atoms with van der Waals surface area (Å²) in [5.41, 5.74) is 0. The number of hydrogen-bond donors (Lipinski definition) is 2. The Morgan fingerprint density at radius 1 is 1.22 bits per heavy atom. The van der Waals surface area contributed by atoms with E-state index in [1.165, 1.54) is 38.8 Å². The Morgan fingerprint density at radius 3 is 2.74 bits per heavy atom. The number of rotatable bonds is 10. The molecule has 1 heterocycles. The Kier molecular flexibility index (Phi) is 15.4. The van der Waals surface area contributed by atoms with Crippen LogP contribution in [-0.4, -0.2) is 62.8 Å². The predicted octanol–water partition coefficient (Wildman–Crippen LogP) is 2.85. The third-order valence-electron chi connectivity index (χ3n) is 4.12. The van der Waals surface area contributed by atoms with Crippen molar-refractivity contribution in [3.05, 3.63) is 0 Å². The maximum absolute atomic E-state index is 5.34. The van der Waals surface area contributed by atoms with Gasteiger partial charge in [-0.2, -0.15) is 0 Å². The number of nitrogens with one attached hydrogen (secondary N) is 2. The first-order valence-corrected chi connectivity index (χ1v) is 9.11. The molecule has 2 N–H and O–H groups in total. The monoisotopic (exact) mass is 440 g/mol. The minimum absolute atomic E-state index is 0. The number of hydrogen-bond acceptors (Lipinski definition) is 3. The lowest BCUT2D eigenvalue weighted by molar-refractivity contribution is 0.146. The molecule has 0 spiro atoms. The summed E-state index contributed by atoms with van der Waals surface area (Å²) in [7, 11) is 0. The second kappa shape index (κ2) is 15.4. The van der Waals surface area contributed by atoms with Crippen LogP contribution >= 0.6 is 24.0 Å². The first-order valence-electron chi connectivity index (χ1n) is 9.11. The Balaban J connectivity index is 0.00000484. The van der Waals surface area contributed by atoms with E-state index in [0.29, 0.717) is 0 Å². The van der Waals surface area contributed by atoms with E-state index in [2.05, 4.69) is 34.4 Å². The Morgan fingerprint density at radius 2 is 2.04 bits per heavy atom. The summed E-state index contributed by atoms with van der Waals surface area (Å²) in [6.07, 6.45) is 6.28. The second-order valence-corrected chi connectivity index (χ2v) is 5.97. The summed E-state index contributed by atoms with van der Waals surface area (Å²) in [5, 5.41) is 6.74. The summed E-state index contributed by atoms with van der Waals surface area (Å²) < 4.78 is 5.34. The fraction of sp³-hybridized carbons (Fsp3) is 0.941. The van der Waals surface area contributed by atoms with Crippen molar-refractivity contribution in [3.8, 4) is 0 Å². The molecule has 0 saturated carbocycles. The highest BCUT2D eigenvalue weighted by atomic mass is 127. The standard InChI is InChI=1S/C17H36N4O.HI/c1-4-18-17(20-12-9-15-22-5-2)19-11-8-14-21-13-7-6-10-16(21)3;/h16H,4-15H2,1-3H3,(H2,18,19,20);1H. The molecule has 1 fully saturated rings. The highest BCUT2D eigenvalue weighted by molar-refractivity contribution is 14.0. The van der Waals surface area contributed by atoms with Gasteiger partial charge in [0.25, 0.3) is 0 Å². The van der Waals surface area contributed by atoms with Crippen molar-refractivity contribution in [2.75, 3.05) is 45.9 Å². The molecule has 1 saturated heterocycles. The lowest BCUT2D eigenvalue weighted by Crippen LogP contribution is -2.41. The van der Waals surface area contributed by atoms with E-state index in [1.807, 2.05) is 6.92 Å². The van der Waals surface area contributed by atoms with Crippen LogP contribution in [0.1, 0.15) is 52.9 Å². The van der Waals surface area contributed by atoms with Gasteiger partial charge in [-0.25, -0.2) is 0 Å². The quantitative estimate of drug-likeness (QED) is 0.238. The largest absolute Gasteiger partial charge is 0.382 e. The van der Waals surface area contributed by atoms with Gasteiger partial charge in [-0.15, -0.1) is 24.0 Å². The smallest absolute Gasteiger partial charge is 0.191 e. The van der Waals surface area contributed by atoms with Gasteiger partial charge in [0.15, 0.2) is 5.96 Å². The molecule has 0 amide bonds. The zero-order chi connectivity index (χ0) is 16.0.